The first-order valence-electron chi connectivity index (χ1n) is 11.4. The Balaban J connectivity index is 2.09. The van der Waals surface area contributed by atoms with Crippen molar-refractivity contribution in [3.63, 3.8) is 0 Å². The zero-order chi connectivity index (χ0) is 21.3. The van der Waals surface area contributed by atoms with Crippen LogP contribution in [0.15, 0.2) is 24.3 Å². The van der Waals surface area contributed by atoms with E-state index >= 15 is 0 Å². The molecule has 0 radical (unpaired) electrons. The van der Waals surface area contributed by atoms with Crippen LogP contribution in [0.3, 0.4) is 0 Å². The van der Waals surface area contributed by atoms with Gasteiger partial charge >= 0.3 is 0 Å². The standard InChI is InChI=1S/C23H40N2O4/c1-2-3-4-5-6-7-8-9-10-11-12-13-18-24-22(19-26)23(27)20-14-16-21(17-15-20)25(28)29/h14-17,22-24,26-27H,2-13,18-19H2,1H3/t22-,23?/m1/s1. The molecule has 0 amide bonds. The van der Waals surface area contributed by atoms with Crippen LogP contribution in [-0.2, 0) is 0 Å². The molecule has 0 aliphatic rings. The second-order valence-corrected chi connectivity index (χ2v) is 7.93. The fourth-order valence-electron chi connectivity index (χ4n) is 3.55. The lowest BCUT2D eigenvalue weighted by atomic mass is 10.0. The minimum absolute atomic E-state index is 0.00838. The molecule has 0 saturated carbocycles. The van der Waals surface area contributed by atoms with E-state index in [-0.39, 0.29) is 12.3 Å². The summed E-state index contributed by atoms with van der Waals surface area (Å²) < 4.78 is 0. The minimum Gasteiger partial charge on any atom is -0.395 e. The number of nitro benzene ring substituents is 1. The van der Waals surface area contributed by atoms with E-state index in [2.05, 4.69) is 12.2 Å². The van der Waals surface area contributed by atoms with Crippen LogP contribution in [0.1, 0.15) is 95.6 Å². The van der Waals surface area contributed by atoms with E-state index in [0.29, 0.717) is 5.56 Å². The number of nitrogens with one attached hydrogen (secondary N) is 1. The van der Waals surface area contributed by atoms with Crippen molar-refractivity contribution in [1.82, 2.24) is 5.32 Å². The summed E-state index contributed by atoms with van der Waals surface area (Å²) in [6.07, 6.45) is 14.6. The first-order valence-corrected chi connectivity index (χ1v) is 11.4. The van der Waals surface area contributed by atoms with Gasteiger partial charge in [-0.2, -0.15) is 0 Å². The van der Waals surface area contributed by atoms with Gasteiger partial charge in [-0.05, 0) is 30.7 Å². The maximum atomic E-state index is 10.7. The van der Waals surface area contributed by atoms with Crippen molar-refractivity contribution in [2.24, 2.45) is 0 Å². The van der Waals surface area contributed by atoms with Crippen molar-refractivity contribution < 1.29 is 15.1 Å². The lowest BCUT2D eigenvalue weighted by molar-refractivity contribution is -0.384. The normalized spacial score (nSPS) is 13.3. The van der Waals surface area contributed by atoms with Gasteiger partial charge in [-0.1, -0.05) is 77.6 Å². The molecular weight excluding hydrogens is 368 g/mol. The van der Waals surface area contributed by atoms with Crippen molar-refractivity contribution in [2.45, 2.75) is 96.1 Å². The Morgan fingerprint density at radius 2 is 1.38 bits per heavy atom. The number of hydrogen-bond donors (Lipinski definition) is 3. The molecule has 0 bridgehead atoms. The molecule has 0 spiro atoms. The topological polar surface area (TPSA) is 95.6 Å². The van der Waals surface area contributed by atoms with Crippen LogP contribution in [0.2, 0.25) is 0 Å². The van der Waals surface area contributed by atoms with Gasteiger partial charge in [0.1, 0.15) is 0 Å². The van der Waals surface area contributed by atoms with E-state index in [1.54, 1.807) is 0 Å². The van der Waals surface area contributed by atoms with Crippen LogP contribution in [0, 0.1) is 10.1 Å². The van der Waals surface area contributed by atoms with Crippen LogP contribution in [0.25, 0.3) is 0 Å². The van der Waals surface area contributed by atoms with Gasteiger partial charge < -0.3 is 15.5 Å². The van der Waals surface area contributed by atoms with Gasteiger partial charge in [0.05, 0.1) is 23.7 Å². The fourth-order valence-corrected chi connectivity index (χ4v) is 3.55. The second-order valence-electron chi connectivity index (χ2n) is 7.93. The van der Waals surface area contributed by atoms with Crippen LogP contribution in [-0.4, -0.2) is 34.3 Å². The molecule has 1 rings (SSSR count). The highest BCUT2D eigenvalue weighted by Crippen LogP contribution is 2.20. The molecule has 3 N–H and O–H groups in total. The first kappa shape index (κ1) is 25.5. The summed E-state index contributed by atoms with van der Waals surface area (Å²) in [4.78, 5) is 10.2. The smallest absolute Gasteiger partial charge is 0.269 e. The largest absolute Gasteiger partial charge is 0.395 e. The molecule has 0 aliphatic carbocycles. The van der Waals surface area contributed by atoms with Gasteiger partial charge in [0.25, 0.3) is 5.69 Å². The molecule has 0 aromatic heterocycles. The van der Waals surface area contributed by atoms with E-state index < -0.39 is 17.1 Å². The van der Waals surface area contributed by atoms with Crippen LogP contribution in [0.4, 0.5) is 5.69 Å². The number of rotatable bonds is 18. The van der Waals surface area contributed by atoms with E-state index in [4.69, 9.17) is 0 Å². The van der Waals surface area contributed by atoms with Crippen molar-refractivity contribution in [3.8, 4) is 0 Å². The highest BCUT2D eigenvalue weighted by atomic mass is 16.6. The number of unbranched alkanes of at least 4 members (excludes halogenated alkanes) is 11. The third-order valence-electron chi connectivity index (χ3n) is 5.46. The summed E-state index contributed by atoms with van der Waals surface area (Å²) in [6, 6.07) is 5.36. The van der Waals surface area contributed by atoms with Gasteiger partial charge in [-0.15, -0.1) is 0 Å². The van der Waals surface area contributed by atoms with E-state index in [1.165, 1.54) is 88.5 Å². The van der Waals surface area contributed by atoms with E-state index in [0.717, 1.165) is 19.4 Å². The molecular formula is C23H40N2O4. The lowest BCUT2D eigenvalue weighted by Crippen LogP contribution is -2.38. The number of non-ortho nitro benzene ring substituents is 1. The Bertz CT molecular complexity index is 536. The Kier molecular flexibility index (Phi) is 14.4. The van der Waals surface area contributed by atoms with Crippen LogP contribution in [0.5, 0.6) is 0 Å². The van der Waals surface area contributed by atoms with Crippen molar-refractivity contribution in [1.29, 1.82) is 0 Å². The van der Waals surface area contributed by atoms with E-state index in [9.17, 15) is 20.3 Å². The lowest BCUT2D eigenvalue weighted by Gasteiger charge is -2.22. The molecule has 1 unspecified atom stereocenters. The number of benzene rings is 1. The molecule has 2 atom stereocenters. The maximum absolute atomic E-state index is 10.7. The molecule has 1 aromatic carbocycles. The summed E-state index contributed by atoms with van der Waals surface area (Å²) >= 11 is 0. The number of nitro groups is 1. The third kappa shape index (κ3) is 11.3. The fraction of sp³-hybridized carbons (Fsp3) is 0.739. The monoisotopic (exact) mass is 408 g/mol. The molecule has 0 saturated heterocycles. The highest BCUT2D eigenvalue weighted by Gasteiger charge is 2.20. The average molecular weight is 409 g/mol. The second kappa shape index (κ2) is 16.3. The van der Waals surface area contributed by atoms with Crippen molar-refractivity contribution in [3.05, 3.63) is 39.9 Å². The van der Waals surface area contributed by atoms with Gasteiger partial charge in [-0.3, -0.25) is 10.1 Å². The van der Waals surface area contributed by atoms with Gasteiger partial charge in [-0.25, -0.2) is 0 Å². The zero-order valence-corrected chi connectivity index (χ0v) is 18.0. The average Bonchev–Trinajstić information content (AvgIpc) is 2.73. The molecule has 1 aromatic rings. The number of aliphatic hydroxyl groups is 2. The molecule has 0 aliphatic heterocycles. The Morgan fingerprint density at radius 3 is 1.83 bits per heavy atom. The maximum Gasteiger partial charge on any atom is 0.269 e. The molecule has 29 heavy (non-hydrogen) atoms. The molecule has 0 heterocycles. The zero-order valence-electron chi connectivity index (χ0n) is 18.0. The third-order valence-corrected chi connectivity index (χ3v) is 5.46. The Hall–Kier alpha value is -1.50. The highest BCUT2D eigenvalue weighted by molar-refractivity contribution is 5.34. The van der Waals surface area contributed by atoms with E-state index in [1.807, 2.05) is 0 Å². The van der Waals surface area contributed by atoms with Gasteiger partial charge in [0, 0.05) is 12.1 Å². The summed E-state index contributed by atoms with van der Waals surface area (Å²) in [5.74, 6) is 0. The molecule has 166 valence electrons. The summed E-state index contributed by atoms with van der Waals surface area (Å²) in [6.45, 7) is 2.81. The van der Waals surface area contributed by atoms with Crippen molar-refractivity contribution in [2.75, 3.05) is 13.2 Å². The number of aliphatic hydroxyl groups excluding tert-OH is 2. The predicted octanol–water partition coefficient (Wildman–Crippen LogP) is 5.28. The molecule has 0 fully saturated rings. The van der Waals surface area contributed by atoms with Crippen molar-refractivity contribution >= 4 is 5.69 Å². The Morgan fingerprint density at radius 1 is 0.897 bits per heavy atom. The summed E-state index contributed by atoms with van der Waals surface area (Å²) in [5, 5.41) is 33.9. The predicted molar refractivity (Wildman–Crippen MR) is 118 cm³/mol. The SMILES string of the molecule is CCCCCCCCCCCCCCN[C@H](CO)C(O)c1ccc([N+](=O)[O-])cc1. The quantitative estimate of drug-likeness (QED) is 0.174. The molecule has 6 heteroatoms. The minimum atomic E-state index is -0.891. The first-order chi connectivity index (χ1) is 14.1. The molecule has 6 nitrogen and oxygen atoms in total. The Labute approximate surface area is 175 Å². The summed E-state index contributed by atoms with van der Waals surface area (Å²) in [5.41, 5.74) is 0.558. The summed E-state index contributed by atoms with van der Waals surface area (Å²) in [7, 11) is 0. The van der Waals surface area contributed by atoms with Gasteiger partial charge in [0.2, 0.25) is 0 Å². The number of hydrogen-bond acceptors (Lipinski definition) is 5. The van der Waals surface area contributed by atoms with Gasteiger partial charge in [0.15, 0.2) is 0 Å². The van der Waals surface area contributed by atoms with Crippen LogP contribution < -0.4 is 5.32 Å². The number of nitrogens with zero attached hydrogens (tertiary/aromatic N) is 1. The van der Waals surface area contributed by atoms with Crippen LogP contribution >= 0.6 is 0 Å².